The Hall–Kier alpha value is -4.50. The van der Waals surface area contributed by atoms with E-state index in [4.69, 9.17) is 0 Å². The Morgan fingerprint density at radius 1 is 0.818 bits per heavy atom. The Morgan fingerprint density at radius 3 is 2.00 bits per heavy atom. The van der Waals surface area contributed by atoms with Crippen molar-refractivity contribution in [3.8, 4) is 0 Å². The molecule has 2 amide bonds. The minimum Gasteiger partial charge on any atom is -0.350 e. The molecule has 0 aromatic heterocycles. The number of anilines is 1. The molecule has 44 heavy (non-hydrogen) atoms. The third-order valence-electron chi connectivity index (χ3n) is 7.06. The van der Waals surface area contributed by atoms with Crippen molar-refractivity contribution < 1.29 is 22.4 Å². The van der Waals surface area contributed by atoms with Gasteiger partial charge in [0.25, 0.3) is 10.0 Å². The number of aryl methyl sites for hydroxylation is 1. The summed E-state index contributed by atoms with van der Waals surface area (Å²) in [6, 6.07) is 29.0. The summed E-state index contributed by atoms with van der Waals surface area (Å²) in [5.41, 5.74) is 1.35. The van der Waals surface area contributed by atoms with Crippen LogP contribution in [0.5, 0.6) is 0 Å². The van der Waals surface area contributed by atoms with E-state index in [1.165, 1.54) is 23.1 Å². The van der Waals surface area contributed by atoms with Crippen LogP contribution in [0.15, 0.2) is 114 Å². The zero-order valence-electron chi connectivity index (χ0n) is 25.4. The van der Waals surface area contributed by atoms with Gasteiger partial charge in [0.1, 0.15) is 18.4 Å². The van der Waals surface area contributed by atoms with Gasteiger partial charge >= 0.3 is 0 Å². The van der Waals surface area contributed by atoms with Gasteiger partial charge in [0, 0.05) is 24.1 Å². The molecule has 4 aromatic rings. The van der Waals surface area contributed by atoms with Crippen LogP contribution in [0.25, 0.3) is 0 Å². The molecule has 0 fully saturated rings. The molecule has 0 radical (unpaired) electrons. The third-order valence-corrected chi connectivity index (χ3v) is 8.84. The molecule has 0 heterocycles. The predicted octanol–water partition coefficient (Wildman–Crippen LogP) is 5.88. The second kappa shape index (κ2) is 13.9. The fourth-order valence-corrected chi connectivity index (χ4v) is 6.39. The topological polar surface area (TPSA) is 86.8 Å². The van der Waals surface area contributed by atoms with E-state index in [0.29, 0.717) is 11.3 Å². The van der Waals surface area contributed by atoms with E-state index in [0.717, 1.165) is 9.87 Å². The molecule has 230 valence electrons. The van der Waals surface area contributed by atoms with Gasteiger partial charge in [-0.15, -0.1) is 0 Å². The van der Waals surface area contributed by atoms with Crippen LogP contribution in [0.1, 0.15) is 37.5 Å². The van der Waals surface area contributed by atoms with E-state index < -0.39 is 45.8 Å². The number of nitrogens with zero attached hydrogens (tertiary/aromatic N) is 2. The van der Waals surface area contributed by atoms with Crippen molar-refractivity contribution in [3.63, 3.8) is 0 Å². The molecule has 9 heteroatoms. The van der Waals surface area contributed by atoms with Crippen LogP contribution in [-0.4, -0.2) is 43.3 Å². The first-order valence-corrected chi connectivity index (χ1v) is 15.8. The standard InChI is InChI=1S/C35H38FN3O4S/c1-26-15-11-14-22-31(26)39(44(42,43)29-19-9-6-10-20-29)25-33(40)38(24-28-18-12-13-21-30(28)36)32(34(41)37-35(2,3)4)23-27-16-7-5-8-17-27/h5-22,32H,23-25H2,1-4H3,(H,37,41)/t32-/m0/s1. The number of halogens is 1. The molecular formula is C35H38FN3O4S. The molecule has 0 aliphatic heterocycles. The van der Waals surface area contributed by atoms with Crippen LogP contribution in [0, 0.1) is 12.7 Å². The summed E-state index contributed by atoms with van der Waals surface area (Å²) in [4.78, 5) is 29.6. The molecule has 4 rings (SSSR count). The van der Waals surface area contributed by atoms with E-state index in [9.17, 15) is 18.0 Å². The van der Waals surface area contributed by atoms with E-state index in [2.05, 4.69) is 5.32 Å². The number of hydrogen-bond donors (Lipinski definition) is 1. The molecule has 0 aliphatic carbocycles. The van der Waals surface area contributed by atoms with E-state index in [-0.39, 0.29) is 23.4 Å². The summed E-state index contributed by atoms with van der Waals surface area (Å²) in [7, 11) is -4.21. The maximum absolute atomic E-state index is 15.0. The molecule has 0 spiro atoms. The summed E-state index contributed by atoms with van der Waals surface area (Å²) < 4.78 is 44.2. The Morgan fingerprint density at radius 2 is 1.39 bits per heavy atom. The maximum Gasteiger partial charge on any atom is 0.264 e. The van der Waals surface area contributed by atoms with Gasteiger partial charge in [-0.05, 0) is 63.1 Å². The van der Waals surface area contributed by atoms with Crippen molar-refractivity contribution in [2.24, 2.45) is 0 Å². The minimum atomic E-state index is -4.21. The van der Waals surface area contributed by atoms with Crippen molar-refractivity contribution >= 4 is 27.5 Å². The highest BCUT2D eigenvalue weighted by Gasteiger charge is 2.36. The number of hydrogen-bond acceptors (Lipinski definition) is 4. The van der Waals surface area contributed by atoms with Crippen molar-refractivity contribution in [3.05, 3.63) is 132 Å². The van der Waals surface area contributed by atoms with E-state index >= 15 is 4.39 Å². The summed E-state index contributed by atoms with van der Waals surface area (Å²) in [6.45, 7) is 6.41. The number of carbonyl (C=O) groups is 2. The molecule has 1 N–H and O–H groups in total. The highest BCUT2D eigenvalue weighted by molar-refractivity contribution is 7.92. The first-order chi connectivity index (χ1) is 20.9. The smallest absolute Gasteiger partial charge is 0.264 e. The lowest BCUT2D eigenvalue weighted by Crippen LogP contribution is -2.56. The molecule has 7 nitrogen and oxygen atoms in total. The number of carbonyl (C=O) groups excluding carboxylic acids is 2. The number of amides is 2. The second-order valence-electron chi connectivity index (χ2n) is 11.7. The zero-order chi connectivity index (χ0) is 31.9. The molecule has 0 saturated heterocycles. The number of para-hydroxylation sites is 1. The second-order valence-corrected chi connectivity index (χ2v) is 13.5. The van der Waals surface area contributed by atoms with Gasteiger partial charge in [-0.3, -0.25) is 13.9 Å². The fourth-order valence-electron chi connectivity index (χ4n) is 4.89. The molecule has 0 saturated carbocycles. The lowest BCUT2D eigenvalue weighted by molar-refractivity contribution is -0.140. The van der Waals surface area contributed by atoms with Gasteiger partial charge in [0.05, 0.1) is 10.6 Å². The maximum atomic E-state index is 15.0. The van der Waals surface area contributed by atoms with Gasteiger partial charge in [0.15, 0.2) is 0 Å². The number of rotatable bonds is 11. The van der Waals surface area contributed by atoms with Gasteiger partial charge < -0.3 is 10.2 Å². The lowest BCUT2D eigenvalue weighted by Gasteiger charge is -2.35. The lowest BCUT2D eigenvalue weighted by atomic mass is 10.0. The van der Waals surface area contributed by atoms with Crippen molar-refractivity contribution in [1.29, 1.82) is 0 Å². The number of sulfonamides is 1. The Bertz CT molecular complexity index is 1690. The quantitative estimate of drug-likeness (QED) is 0.228. The van der Waals surface area contributed by atoms with Crippen molar-refractivity contribution in [2.45, 2.75) is 57.1 Å². The number of nitrogens with one attached hydrogen (secondary N) is 1. The van der Waals surface area contributed by atoms with Gasteiger partial charge in [-0.1, -0.05) is 84.9 Å². The molecule has 4 aromatic carbocycles. The SMILES string of the molecule is Cc1ccccc1N(CC(=O)N(Cc1ccccc1F)[C@@H](Cc1ccccc1)C(=O)NC(C)(C)C)S(=O)(=O)c1ccccc1. The van der Waals surface area contributed by atoms with Crippen LogP contribution < -0.4 is 9.62 Å². The predicted molar refractivity (Wildman–Crippen MR) is 171 cm³/mol. The Balaban J connectivity index is 1.83. The Kier molecular flexibility index (Phi) is 10.2. The summed E-state index contributed by atoms with van der Waals surface area (Å²) in [5, 5.41) is 2.97. The summed E-state index contributed by atoms with van der Waals surface area (Å²) >= 11 is 0. The average molecular weight is 616 g/mol. The van der Waals surface area contributed by atoms with Crippen molar-refractivity contribution in [1.82, 2.24) is 10.2 Å². The van der Waals surface area contributed by atoms with Crippen LogP contribution in [0.2, 0.25) is 0 Å². The fraction of sp³-hybridized carbons (Fsp3) is 0.257. The van der Waals surface area contributed by atoms with Crippen LogP contribution in [-0.2, 0) is 32.6 Å². The van der Waals surface area contributed by atoms with Crippen LogP contribution >= 0.6 is 0 Å². The van der Waals surface area contributed by atoms with Crippen molar-refractivity contribution in [2.75, 3.05) is 10.8 Å². The summed E-state index contributed by atoms with van der Waals surface area (Å²) in [6.07, 6.45) is 0.138. The third kappa shape index (κ3) is 8.11. The molecule has 0 unspecified atom stereocenters. The largest absolute Gasteiger partial charge is 0.350 e. The monoisotopic (exact) mass is 615 g/mol. The highest BCUT2D eigenvalue weighted by atomic mass is 32.2. The van der Waals surface area contributed by atoms with Gasteiger partial charge in [0.2, 0.25) is 11.8 Å². The summed E-state index contributed by atoms with van der Waals surface area (Å²) in [5.74, 6) is -1.62. The average Bonchev–Trinajstić information content (AvgIpc) is 2.99. The molecular weight excluding hydrogens is 577 g/mol. The van der Waals surface area contributed by atoms with Gasteiger partial charge in [-0.2, -0.15) is 0 Å². The highest BCUT2D eigenvalue weighted by Crippen LogP contribution is 2.28. The zero-order valence-corrected chi connectivity index (χ0v) is 26.2. The number of benzene rings is 4. The van der Waals surface area contributed by atoms with E-state index in [1.807, 2.05) is 51.1 Å². The van der Waals surface area contributed by atoms with E-state index in [1.54, 1.807) is 67.6 Å². The first-order valence-electron chi connectivity index (χ1n) is 14.4. The Labute approximate surface area is 259 Å². The molecule has 1 atom stereocenters. The van der Waals surface area contributed by atoms with Crippen LogP contribution in [0.4, 0.5) is 10.1 Å². The molecule has 0 aliphatic rings. The minimum absolute atomic E-state index is 0.0167. The van der Waals surface area contributed by atoms with Gasteiger partial charge in [-0.25, -0.2) is 12.8 Å². The van der Waals surface area contributed by atoms with Crippen LogP contribution in [0.3, 0.4) is 0 Å². The normalized spacial score (nSPS) is 12.3. The first kappa shape index (κ1) is 32.4. The molecule has 0 bridgehead atoms.